The smallest absolute Gasteiger partial charge is 0.282 e. The third kappa shape index (κ3) is 2.86. The lowest BCUT2D eigenvalue weighted by molar-refractivity contribution is 0.102. The van der Waals surface area contributed by atoms with Crippen LogP contribution in [0.15, 0.2) is 53.3 Å². The summed E-state index contributed by atoms with van der Waals surface area (Å²) in [5, 5.41) is 2.72. The van der Waals surface area contributed by atoms with Gasteiger partial charge in [0.25, 0.3) is 11.5 Å². The van der Waals surface area contributed by atoms with Crippen LogP contribution in [0.25, 0.3) is 11.0 Å². The van der Waals surface area contributed by atoms with Crippen molar-refractivity contribution in [3.8, 4) is 0 Å². The van der Waals surface area contributed by atoms with Gasteiger partial charge in [-0.1, -0.05) is 12.1 Å². The van der Waals surface area contributed by atoms with Crippen LogP contribution in [-0.2, 0) is 7.05 Å². The van der Waals surface area contributed by atoms with E-state index in [9.17, 15) is 9.59 Å². The summed E-state index contributed by atoms with van der Waals surface area (Å²) in [6, 6.07) is 14.6. The van der Waals surface area contributed by atoms with Gasteiger partial charge in [0, 0.05) is 32.5 Å². The largest absolute Gasteiger partial charge is 0.378 e. The van der Waals surface area contributed by atoms with Gasteiger partial charge < -0.3 is 14.8 Å². The van der Waals surface area contributed by atoms with Crippen LogP contribution in [0.5, 0.6) is 0 Å². The summed E-state index contributed by atoms with van der Waals surface area (Å²) < 4.78 is 1.44. The molecule has 1 amide bonds. The molecule has 0 aliphatic heterocycles. The van der Waals surface area contributed by atoms with Crippen LogP contribution in [0.4, 0.5) is 11.4 Å². The van der Waals surface area contributed by atoms with Crippen LogP contribution >= 0.6 is 0 Å². The number of benzene rings is 2. The fourth-order valence-electron chi connectivity index (χ4n) is 2.46. The first-order chi connectivity index (χ1) is 11.5. The minimum atomic E-state index is -0.515. The highest BCUT2D eigenvalue weighted by Crippen LogP contribution is 2.16. The van der Waals surface area contributed by atoms with Gasteiger partial charge >= 0.3 is 0 Å². The number of para-hydroxylation sites is 2. The van der Waals surface area contributed by atoms with Crippen LogP contribution < -0.4 is 15.8 Å². The minimum absolute atomic E-state index is 0.118. The van der Waals surface area contributed by atoms with Crippen molar-refractivity contribution < 1.29 is 4.79 Å². The van der Waals surface area contributed by atoms with Gasteiger partial charge in [0.2, 0.25) is 0 Å². The predicted octanol–water partition coefficient (Wildman–Crippen LogP) is 2.25. The van der Waals surface area contributed by atoms with Gasteiger partial charge in [0.05, 0.1) is 11.0 Å². The average molecular weight is 322 g/mol. The lowest BCUT2D eigenvalue weighted by Crippen LogP contribution is -2.29. The number of aromatic nitrogens is 2. The van der Waals surface area contributed by atoms with Gasteiger partial charge in [-0.2, -0.15) is 0 Å². The molecule has 24 heavy (non-hydrogen) atoms. The van der Waals surface area contributed by atoms with Crippen molar-refractivity contribution in [2.24, 2.45) is 7.05 Å². The molecular formula is C18H18N4O2. The van der Waals surface area contributed by atoms with Crippen molar-refractivity contribution in [1.82, 2.24) is 9.55 Å². The standard InChI is InChI=1S/C18H18N4O2/c1-21(2)13-10-8-12(9-11-13)19-17(23)16-18(24)22(3)15-7-5-4-6-14(15)20-16/h4-11H,1-3H3,(H,19,23). The Bertz CT molecular complexity index is 959. The van der Waals surface area contributed by atoms with E-state index in [0.29, 0.717) is 16.7 Å². The van der Waals surface area contributed by atoms with Gasteiger partial charge in [0.1, 0.15) is 0 Å². The number of fused-ring (bicyclic) bond motifs is 1. The highest BCUT2D eigenvalue weighted by molar-refractivity contribution is 6.03. The second kappa shape index (κ2) is 6.16. The van der Waals surface area contributed by atoms with Crippen LogP contribution in [0.1, 0.15) is 10.5 Å². The number of hydrogen-bond acceptors (Lipinski definition) is 4. The first-order valence-electron chi connectivity index (χ1n) is 7.52. The Balaban J connectivity index is 1.94. The summed E-state index contributed by atoms with van der Waals surface area (Å²) >= 11 is 0. The second-order valence-electron chi connectivity index (χ2n) is 5.71. The Morgan fingerprint density at radius 1 is 1.08 bits per heavy atom. The maximum absolute atomic E-state index is 12.5. The zero-order valence-electron chi connectivity index (χ0n) is 13.8. The van der Waals surface area contributed by atoms with Crippen molar-refractivity contribution in [2.45, 2.75) is 0 Å². The molecule has 0 fully saturated rings. The van der Waals surface area contributed by atoms with Crippen molar-refractivity contribution in [1.29, 1.82) is 0 Å². The average Bonchev–Trinajstić information content (AvgIpc) is 2.58. The topological polar surface area (TPSA) is 67.2 Å². The van der Waals surface area contributed by atoms with Crippen LogP contribution in [-0.4, -0.2) is 29.6 Å². The number of rotatable bonds is 3. The Labute approximate surface area is 139 Å². The number of nitrogens with zero attached hydrogens (tertiary/aromatic N) is 3. The van der Waals surface area contributed by atoms with Crippen LogP contribution in [0.2, 0.25) is 0 Å². The first-order valence-corrected chi connectivity index (χ1v) is 7.52. The van der Waals surface area contributed by atoms with E-state index in [1.165, 1.54) is 4.57 Å². The molecule has 0 unspecified atom stereocenters. The molecular weight excluding hydrogens is 304 g/mol. The van der Waals surface area contributed by atoms with E-state index in [2.05, 4.69) is 10.3 Å². The van der Waals surface area contributed by atoms with E-state index < -0.39 is 11.5 Å². The van der Waals surface area contributed by atoms with Crippen molar-refractivity contribution in [3.05, 3.63) is 64.6 Å². The maximum Gasteiger partial charge on any atom is 0.282 e. The molecule has 1 aromatic heterocycles. The Hall–Kier alpha value is -3.15. The van der Waals surface area contributed by atoms with Gasteiger partial charge in [-0.05, 0) is 36.4 Å². The number of aryl methyl sites for hydroxylation is 1. The molecule has 0 spiro atoms. The Kier molecular flexibility index (Phi) is 4.04. The zero-order chi connectivity index (χ0) is 17.3. The third-order valence-corrected chi connectivity index (χ3v) is 3.84. The molecule has 0 bridgehead atoms. The normalized spacial score (nSPS) is 10.6. The molecule has 6 heteroatoms. The zero-order valence-corrected chi connectivity index (χ0v) is 13.8. The van der Waals surface area contributed by atoms with Gasteiger partial charge in [-0.25, -0.2) is 4.98 Å². The number of carbonyl (C=O) groups excluding carboxylic acids is 1. The van der Waals surface area contributed by atoms with E-state index >= 15 is 0 Å². The molecule has 0 aliphatic carbocycles. The fourth-order valence-corrected chi connectivity index (χ4v) is 2.46. The fraction of sp³-hybridized carbons (Fsp3) is 0.167. The van der Waals surface area contributed by atoms with Crippen molar-refractivity contribution in [3.63, 3.8) is 0 Å². The SMILES string of the molecule is CN(C)c1ccc(NC(=O)c2nc3ccccc3n(C)c2=O)cc1. The van der Waals surface area contributed by atoms with Crippen molar-refractivity contribution in [2.75, 3.05) is 24.3 Å². The molecule has 122 valence electrons. The molecule has 3 rings (SSSR count). The lowest BCUT2D eigenvalue weighted by Gasteiger charge is -2.13. The minimum Gasteiger partial charge on any atom is -0.378 e. The highest BCUT2D eigenvalue weighted by atomic mass is 16.2. The Morgan fingerprint density at radius 3 is 2.42 bits per heavy atom. The lowest BCUT2D eigenvalue weighted by atomic mass is 10.2. The summed E-state index contributed by atoms with van der Waals surface area (Å²) in [7, 11) is 5.52. The number of nitrogens with one attached hydrogen (secondary N) is 1. The summed E-state index contributed by atoms with van der Waals surface area (Å²) in [6.07, 6.45) is 0. The number of hydrogen-bond donors (Lipinski definition) is 1. The van der Waals surface area contributed by atoms with E-state index in [-0.39, 0.29) is 5.69 Å². The van der Waals surface area contributed by atoms with E-state index in [1.54, 1.807) is 31.3 Å². The van der Waals surface area contributed by atoms with E-state index in [4.69, 9.17) is 0 Å². The summed E-state index contributed by atoms with van der Waals surface area (Å²) in [5.41, 5.74) is 2.39. The molecule has 0 aliphatic rings. The van der Waals surface area contributed by atoms with Crippen LogP contribution in [0.3, 0.4) is 0 Å². The molecule has 0 atom stereocenters. The monoisotopic (exact) mass is 322 g/mol. The summed E-state index contributed by atoms with van der Waals surface area (Å²) in [5.74, 6) is -0.515. The molecule has 1 heterocycles. The predicted molar refractivity (Wildman–Crippen MR) is 95.7 cm³/mol. The maximum atomic E-state index is 12.5. The second-order valence-corrected chi connectivity index (χ2v) is 5.71. The first kappa shape index (κ1) is 15.7. The summed E-state index contributed by atoms with van der Waals surface area (Å²) in [6.45, 7) is 0. The third-order valence-electron chi connectivity index (χ3n) is 3.84. The quantitative estimate of drug-likeness (QED) is 0.803. The molecule has 6 nitrogen and oxygen atoms in total. The molecule has 2 aromatic carbocycles. The van der Waals surface area contributed by atoms with Gasteiger partial charge in [-0.15, -0.1) is 0 Å². The van der Waals surface area contributed by atoms with E-state index in [1.807, 2.05) is 43.3 Å². The molecule has 0 saturated heterocycles. The Morgan fingerprint density at radius 2 is 1.75 bits per heavy atom. The molecule has 1 N–H and O–H groups in total. The molecule has 3 aromatic rings. The number of amides is 1. The van der Waals surface area contributed by atoms with E-state index in [0.717, 1.165) is 5.69 Å². The van der Waals surface area contributed by atoms with Gasteiger partial charge in [0.15, 0.2) is 5.69 Å². The highest BCUT2D eigenvalue weighted by Gasteiger charge is 2.16. The van der Waals surface area contributed by atoms with Crippen LogP contribution in [0, 0.1) is 0 Å². The summed E-state index contributed by atoms with van der Waals surface area (Å²) in [4.78, 5) is 31.0. The van der Waals surface area contributed by atoms with Crippen molar-refractivity contribution >= 4 is 28.3 Å². The number of carbonyl (C=O) groups is 1. The molecule has 0 saturated carbocycles. The van der Waals surface area contributed by atoms with Gasteiger partial charge in [-0.3, -0.25) is 9.59 Å². The number of anilines is 2. The molecule has 0 radical (unpaired) electrons.